The Hall–Kier alpha value is -3.76. The van der Waals surface area contributed by atoms with Crippen LogP contribution < -0.4 is 5.32 Å². The van der Waals surface area contributed by atoms with Crippen LogP contribution in [0.2, 0.25) is 0 Å². The van der Waals surface area contributed by atoms with E-state index in [-0.39, 0.29) is 75.0 Å². The average molecular weight is 598 g/mol. The van der Waals surface area contributed by atoms with Crippen LogP contribution in [0.3, 0.4) is 0 Å². The van der Waals surface area contributed by atoms with E-state index in [2.05, 4.69) is 5.32 Å². The molecule has 3 aromatic carbocycles. The quantitative estimate of drug-likeness (QED) is 0.200. The van der Waals surface area contributed by atoms with Crippen molar-refractivity contribution in [2.45, 2.75) is 52.1 Å². The lowest BCUT2D eigenvalue weighted by molar-refractivity contribution is -0.131. The lowest BCUT2D eigenvalue weighted by Crippen LogP contribution is -2.32. The maximum absolute atomic E-state index is 13.4. The van der Waals surface area contributed by atoms with Gasteiger partial charge in [-0.3, -0.25) is 14.4 Å². The highest BCUT2D eigenvalue weighted by atomic mass is 19.1. The molecule has 0 radical (unpaired) electrons. The van der Waals surface area contributed by atoms with E-state index >= 15 is 0 Å². The second-order valence-electron chi connectivity index (χ2n) is 11.3. The monoisotopic (exact) mass is 597 g/mol. The van der Waals surface area contributed by atoms with Crippen LogP contribution in [0.25, 0.3) is 11.1 Å². The zero-order valence-corrected chi connectivity index (χ0v) is 24.3. The number of rotatable bonds is 14. The van der Waals surface area contributed by atoms with E-state index in [0.717, 1.165) is 27.8 Å². The molecule has 0 fully saturated rings. The van der Waals surface area contributed by atoms with Crippen LogP contribution in [-0.4, -0.2) is 51.4 Å². The SMILES string of the molecule is CC(=O)CC(=O)C(CO)C(CCO)CC1CC(=O)c2c(O)ccc(-c3ccc(CNCc4cccc(F)c4)cc3)c2C1.O.[HH].[HH]. The van der Waals surface area contributed by atoms with Gasteiger partial charge >= 0.3 is 0 Å². The van der Waals surface area contributed by atoms with E-state index in [1.54, 1.807) is 12.1 Å². The molecular formula is C34H44FNO7. The number of carbonyl (C=O) groups excluding carboxylic acids is 3. The van der Waals surface area contributed by atoms with Crippen molar-refractivity contribution in [2.75, 3.05) is 13.2 Å². The number of phenolic OH excluding ortho intramolecular Hbond substituents is 1. The van der Waals surface area contributed by atoms with Crippen molar-refractivity contribution in [2.24, 2.45) is 17.8 Å². The summed E-state index contributed by atoms with van der Waals surface area (Å²) in [5, 5.41) is 33.6. The molecule has 234 valence electrons. The number of nitrogens with one attached hydrogen (secondary N) is 1. The zero-order valence-electron chi connectivity index (χ0n) is 24.3. The molecule has 0 saturated carbocycles. The van der Waals surface area contributed by atoms with Gasteiger partial charge in [0.15, 0.2) is 5.78 Å². The van der Waals surface area contributed by atoms with Crippen LogP contribution in [0, 0.1) is 23.6 Å². The summed E-state index contributed by atoms with van der Waals surface area (Å²) in [6.45, 7) is 1.84. The normalized spacial score (nSPS) is 15.7. The highest BCUT2D eigenvalue weighted by Crippen LogP contribution is 2.41. The van der Waals surface area contributed by atoms with Gasteiger partial charge in [0.05, 0.1) is 18.6 Å². The molecule has 3 atom stereocenters. The third-order valence-corrected chi connectivity index (χ3v) is 8.09. The van der Waals surface area contributed by atoms with Gasteiger partial charge in [0.25, 0.3) is 0 Å². The van der Waals surface area contributed by atoms with Gasteiger partial charge < -0.3 is 26.1 Å². The van der Waals surface area contributed by atoms with Gasteiger partial charge in [-0.1, -0.05) is 42.5 Å². The van der Waals surface area contributed by atoms with E-state index in [1.807, 2.05) is 30.3 Å². The van der Waals surface area contributed by atoms with Crippen molar-refractivity contribution >= 4 is 17.3 Å². The molecule has 1 aliphatic carbocycles. The number of phenols is 1. The molecule has 0 saturated heterocycles. The van der Waals surface area contributed by atoms with Gasteiger partial charge in [0.1, 0.15) is 23.1 Å². The number of ketones is 3. The van der Waals surface area contributed by atoms with Gasteiger partial charge in [-0.2, -0.15) is 0 Å². The first-order valence-corrected chi connectivity index (χ1v) is 14.4. The van der Waals surface area contributed by atoms with Crippen molar-refractivity contribution in [1.29, 1.82) is 0 Å². The van der Waals surface area contributed by atoms with Crippen LogP contribution >= 0.6 is 0 Å². The molecule has 3 unspecified atom stereocenters. The van der Waals surface area contributed by atoms with Crippen molar-refractivity contribution in [3.63, 3.8) is 0 Å². The molecule has 9 heteroatoms. The minimum atomic E-state index is -0.789. The van der Waals surface area contributed by atoms with Crippen LogP contribution in [0.1, 0.15) is 62.5 Å². The average Bonchev–Trinajstić information content (AvgIpc) is 2.94. The number of hydrogen-bond acceptors (Lipinski definition) is 7. The predicted octanol–water partition coefficient (Wildman–Crippen LogP) is 4.45. The molecular weight excluding hydrogens is 553 g/mol. The first-order chi connectivity index (χ1) is 20.2. The number of fused-ring (bicyclic) bond motifs is 1. The molecule has 0 bridgehead atoms. The predicted molar refractivity (Wildman–Crippen MR) is 165 cm³/mol. The fourth-order valence-electron chi connectivity index (χ4n) is 6.09. The summed E-state index contributed by atoms with van der Waals surface area (Å²) in [5.74, 6) is -2.48. The number of aromatic hydroxyl groups is 1. The van der Waals surface area contributed by atoms with E-state index in [4.69, 9.17) is 0 Å². The summed E-state index contributed by atoms with van der Waals surface area (Å²) in [6.07, 6.45) is 1.09. The van der Waals surface area contributed by atoms with E-state index < -0.39 is 12.5 Å². The number of Topliss-reactive ketones (excluding diaryl/α,β-unsaturated/α-hetero) is 3. The summed E-state index contributed by atoms with van der Waals surface area (Å²) >= 11 is 0. The summed E-state index contributed by atoms with van der Waals surface area (Å²) in [5.41, 5.74) is 4.68. The molecule has 43 heavy (non-hydrogen) atoms. The molecule has 0 spiro atoms. The Morgan fingerprint density at radius 1 is 1.02 bits per heavy atom. The Morgan fingerprint density at radius 2 is 1.74 bits per heavy atom. The molecule has 0 heterocycles. The lowest BCUT2D eigenvalue weighted by Gasteiger charge is -2.31. The largest absolute Gasteiger partial charge is 0.507 e. The Labute approximate surface area is 253 Å². The molecule has 3 aromatic rings. The fourth-order valence-corrected chi connectivity index (χ4v) is 6.09. The summed E-state index contributed by atoms with van der Waals surface area (Å²) in [7, 11) is 0. The van der Waals surface area contributed by atoms with Crippen molar-refractivity contribution in [3.05, 3.63) is 88.7 Å². The Kier molecular flexibility index (Phi) is 12.3. The summed E-state index contributed by atoms with van der Waals surface area (Å²) in [6, 6.07) is 17.7. The maximum atomic E-state index is 13.4. The standard InChI is InChI=1S/C34H38FNO6.H2O.2H2/c1-21(39)13-32(41)30(20-38)26(11-12-37)14-24-16-29-28(9-10-31(40)34(29)33(42)17-24)25-7-5-22(6-8-25)18-36-19-23-3-2-4-27(35)15-23;;;/h2-10,15,24,26,30,36-38,40H,11-14,16-20H2,1H3;1H2;2*1H. The van der Waals surface area contributed by atoms with Crippen molar-refractivity contribution < 1.29 is 42.4 Å². The van der Waals surface area contributed by atoms with Crippen LogP contribution in [0.5, 0.6) is 5.75 Å². The van der Waals surface area contributed by atoms with Crippen LogP contribution in [-0.2, 0) is 29.1 Å². The third-order valence-electron chi connectivity index (χ3n) is 8.09. The summed E-state index contributed by atoms with van der Waals surface area (Å²) < 4.78 is 13.4. The van der Waals surface area contributed by atoms with Gasteiger partial charge in [-0.25, -0.2) is 4.39 Å². The van der Waals surface area contributed by atoms with E-state index in [0.29, 0.717) is 31.5 Å². The number of benzene rings is 3. The molecule has 0 amide bonds. The minimum Gasteiger partial charge on any atom is -0.507 e. The molecule has 0 aliphatic heterocycles. The first-order valence-electron chi connectivity index (χ1n) is 14.4. The second-order valence-corrected chi connectivity index (χ2v) is 11.3. The van der Waals surface area contributed by atoms with Crippen LogP contribution in [0.15, 0.2) is 60.7 Å². The Balaban J connectivity index is 0.00000337. The zero-order chi connectivity index (χ0) is 30.2. The smallest absolute Gasteiger partial charge is 0.167 e. The van der Waals surface area contributed by atoms with Crippen molar-refractivity contribution in [3.8, 4) is 16.9 Å². The summed E-state index contributed by atoms with van der Waals surface area (Å²) in [4.78, 5) is 37.5. The molecule has 0 aromatic heterocycles. The first kappa shape index (κ1) is 33.7. The highest BCUT2D eigenvalue weighted by molar-refractivity contribution is 6.03. The van der Waals surface area contributed by atoms with Gasteiger partial charge in [-0.05, 0) is 84.0 Å². The van der Waals surface area contributed by atoms with Gasteiger partial charge in [-0.15, -0.1) is 0 Å². The number of aliphatic hydroxyl groups is 2. The maximum Gasteiger partial charge on any atom is 0.167 e. The highest BCUT2D eigenvalue weighted by Gasteiger charge is 2.35. The minimum absolute atomic E-state index is 0. The Morgan fingerprint density at radius 3 is 2.40 bits per heavy atom. The van der Waals surface area contributed by atoms with Gasteiger partial charge in [0, 0.05) is 34.9 Å². The van der Waals surface area contributed by atoms with Crippen molar-refractivity contribution in [1.82, 2.24) is 5.32 Å². The molecule has 8 nitrogen and oxygen atoms in total. The number of aliphatic hydroxyl groups excluding tert-OH is 2. The second kappa shape index (κ2) is 15.6. The van der Waals surface area contributed by atoms with E-state index in [9.17, 15) is 34.1 Å². The number of halogens is 1. The Bertz CT molecular complexity index is 1430. The molecule has 6 N–H and O–H groups in total. The molecule has 4 rings (SSSR count). The number of carbonyl (C=O) groups is 3. The third kappa shape index (κ3) is 8.64. The van der Waals surface area contributed by atoms with E-state index in [1.165, 1.54) is 25.1 Å². The fraction of sp³-hybridized carbons (Fsp3) is 0.382. The lowest BCUT2D eigenvalue weighted by atomic mass is 9.72. The molecule has 1 aliphatic rings. The number of hydrogen-bond donors (Lipinski definition) is 4. The topological polar surface area (TPSA) is 155 Å². The van der Waals surface area contributed by atoms with Crippen LogP contribution in [0.4, 0.5) is 4.39 Å². The van der Waals surface area contributed by atoms with Gasteiger partial charge in [0.2, 0.25) is 0 Å².